The van der Waals surface area contributed by atoms with Gasteiger partial charge in [0.05, 0.1) is 0 Å². The first kappa shape index (κ1) is 15.1. The number of allylic oxidation sites excluding steroid dienone is 1. The summed E-state index contributed by atoms with van der Waals surface area (Å²) in [5.74, 6) is -2.60. The maximum atomic E-state index is 11.8. The average molecular weight is 266 g/mol. The summed E-state index contributed by atoms with van der Waals surface area (Å²) in [5, 5.41) is 17.8. The van der Waals surface area contributed by atoms with E-state index in [2.05, 4.69) is 6.58 Å². The maximum absolute atomic E-state index is 11.8. The number of carboxylic acids is 2. The molecule has 0 aromatic heterocycles. The van der Waals surface area contributed by atoms with Crippen LogP contribution in [-0.4, -0.2) is 27.9 Å². The van der Waals surface area contributed by atoms with Crippen LogP contribution in [0.1, 0.15) is 33.1 Å². The van der Waals surface area contributed by atoms with Gasteiger partial charge in [-0.25, -0.2) is 9.59 Å². The predicted molar refractivity (Wildman–Crippen MR) is 68.6 cm³/mol. The van der Waals surface area contributed by atoms with Crippen molar-refractivity contribution >= 4 is 17.7 Å². The highest BCUT2D eigenvalue weighted by Gasteiger charge is 2.41. The molecule has 0 saturated heterocycles. The van der Waals surface area contributed by atoms with Crippen LogP contribution in [0.3, 0.4) is 0 Å². The highest BCUT2D eigenvalue weighted by atomic mass is 16.4. The van der Waals surface area contributed by atoms with Gasteiger partial charge in [0.25, 0.3) is 0 Å². The van der Waals surface area contributed by atoms with Crippen LogP contribution < -0.4 is 0 Å². The number of carboxylic acid groups (broad SMARTS) is 2. The molecule has 0 radical (unpaired) electrons. The first-order valence-electron chi connectivity index (χ1n) is 6.05. The third kappa shape index (κ3) is 3.10. The molecule has 19 heavy (non-hydrogen) atoms. The van der Waals surface area contributed by atoms with Gasteiger partial charge in [0, 0.05) is 17.1 Å². The lowest BCUT2D eigenvalue weighted by Crippen LogP contribution is -2.36. The van der Waals surface area contributed by atoms with Crippen molar-refractivity contribution in [2.45, 2.75) is 33.1 Å². The predicted octanol–water partition coefficient (Wildman–Crippen LogP) is 2.03. The third-order valence-corrected chi connectivity index (χ3v) is 3.97. The fourth-order valence-corrected chi connectivity index (χ4v) is 2.55. The number of carbonyl (C=O) groups excluding carboxylic acids is 1. The summed E-state index contributed by atoms with van der Waals surface area (Å²) < 4.78 is 0. The molecule has 0 aromatic carbocycles. The lowest BCUT2D eigenvalue weighted by atomic mass is 9.64. The summed E-state index contributed by atoms with van der Waals surface area (Å²) in [7, 11) is 0. The van der Waals surface area contributed by atoms with E-state index in [9.17, 15) is 14.4 Å². The fraction of sp³-hybridized carbons (Fsp3) is 0.500. The van der Waals surface area contributed by atoms with Crippen molar-refractivity contribution < 1.29 is 24.6 Å². The number of ketones is 1. The lowest BCUT2D eigenvalue weighted by Gasteiger charge is -2.38. The van der Waals surface area contributed by atoms with Crippen LogP contribution >= 0.6 is 0 Å². The van der Waals surface area contributed by atoms with Gasteiger partial charge in [-0.2, -0.15) is 0 Å². The molecule has 5 heteroatoms. The van der Waals surface area contributed by atoms with Crippen LogP contribution in [-0.2, 0) is 14.4 Å². The Morgan fingerprint density at radius 1 is 1.37 bits per heavy atom. The van der Waals surface area contributed by atoms with E-state index < -0.39 is 17.4 Å². The standard InChI is InChI=1S/C14H18O5/c1-8(13(18)19)10-4-5-11(6-12(16)17)14(3,7-10)9(2)15/h6,10H,1,4-5,7H2,2-3H3,(H,16,17)(H,18,19)/b11-6+/t10-,14-/m1/s1. The Labute approximate surface area is 111 Å². The SMILES string of the molecule is C=C(C(=O)O)[C@@H]1CC/C(=C\C(=O)O)[C@@](C)(C(C)=O)C1. The number of aliphatic carboxylic acids is 2. The highest BCUT2D eigenvalue weighted by molar-refractivity contribution is 5.90. The smallest absolute Gasteiger partial charge is 0.331 e. The molecule has 1 aliphatic carbocycles. The lowest BCUT2D eigenvalue weighted by molar-refractivity contribution is -0.134. The quantitative estimate of drug-likeness (QED) is 0.760. The fourth-order valence-electron chi connectivity index (χ4n) is 2.55. The van der Waals surface area contributed by atoms with Crippen molar-refractivity contribution in [3.8, 4) is 0 Å². The molecule has 0 heterocycles. The zero-order valence-corrected chi connectivity index (χ0v) is 11.1. The summed E-state index contributed by atoms with van der Waals surface area (Å²) in [6.07, 6.45) is 2.28. The molecule has 0 unspecified atom stereocenters. The Hall–Kier alpha value is -1.91. The van der Waals surface area contributed by atoms with Gasteiger partial charge in [0.1, 0.15) is 5.78 Å². The minimum atomic E-state index is -1.09. The number of carbonyl (C=O) groups is 3. The number of hydrogen-bond donors (Lipinski definition) is 2. The summed E-state index contributed by atoms with van der Waals surface area (Å²) in [6.45, 7) is 6.62. The molecule has 1 saturated carbocycles. The molecule has 2 atom stereocenters. The average Bonchev–Trinajstić information content (AvgIpc) is 2.30. The van der Waals surface area contributed by atoms with Crippen molar-refractivity contribution in [3.63, 3.8) is 0 Å². The largest absolute Gasteiger partial charge is 0.478 e. The topological polar surface area (TPSA) is 91.7 Å². The van der Waals surface area contributed by atoms with Gasteiger partial charge in [0.2, 0.25) is 0 Å². The van der Waals surface area contributed by atoms with E-state index in [1.807, 2.05) is 0 Å². The first-order chi connectivity index (χ1) is 8.68. The van der Waals surface area contributed by atoms with Crippen molar-refractivity contribution in [2.75, 3.05) is 0 Å². The highest BCUT2D eigenvalue weighted by Crippen LogP contribution is 2.45. The van der Waals surface area contributed by atoms with Gasteiger partial charge < -0.3 is 10.2 Å². The second-order valence-corrected chi connectivity index (χ2v) is 5.17. The van der Waals surface area contributed by atoms with E-state index in [1.165, 1.54) is 6.92 Å². The van der Waals surface area contributed by atoms with Crippen LogP contribution in [0.5, 0.6) is 0 Å². The van der Waals surface area contributed by atoms with E-state index in [-0.39, 0.29) is 17.3 Å². The van der Waals surface area contributed by atoms with E-state index in [4.69, 9.17) is 10.2 Å². The normalized spacial score (nSPS) is 28.9. The Morgan fingerprint density at radius 2 is 1.95 bits per heavy atom. The Kier molecular flexibility index (Phi) is 4.29. The molecule has 0 aromatic rings. The molecule has 1 aliphatic rings. The second kappa shape index (κ2) is 5.38. The van der Waals surface area contributed by atoms with Crippen LogP contribution in [0.4, 0.5) is 0 Å². The van der Waals surface area contributed by atoms with Gasteiger partial charge in [-0.15, -0.1) is 0 Å². The Balaban J connectivity index is 3.09. The number of rotatable bonds is 4. The molecule has 2 N–H and O–H groups in total. The van der Waals surface area contributed by atoms with Gasteiger partial charge in [-0.3, -0.25) is 4.79 Å². The first-order valence-corrected chi connectivity index (χ1v) is 6.05. The molecule has 0 bridgehead atoms. The molecule has 0 spiro atoms. The molecule has 1 rings (SSSR count). The van der Waals surface area contributed by atoms with Gasteiger partial charge >= 0.3 is 11.9 Å². The molecule has 1 fully saturated rings. The van der Waals surface area contributed by atoms with Gasteiger partial charge in [-0.05, 0) is 44.6 Å². The summed E-state index contributed by atoms with van der Waals surface area (Å²) in [6, 6.07) is 0. The zero-order chi connectivity index (χ0) is 14.8. The minimum Gasteiger partial charge on any atom is -0.478 e. The van der Waals surface area contributed by atoms with Gasteiger partial charge in [-0.1, -0.05) is 6.58 Å². The van der Waals surface area contributed by atoms with E-state index in [1.54, 1.807) is 6.92 Å². The van der Waals surface area contributed by atoms with Crippen molar-refractivity contribution in [1.82, 2.24) is 0 Å². The van der Waals surface area contributed by atoms with Crippen molar-refractivity contribution in [3.05, 3.63) is 23.8 Å². The Bertz CT molecular complexity index is 474. The van der Waals surface area contributed by atoms with Crippen LogP contribution in [0.25, 0.3) is 0 Å². The maximum Gasteiger partial charge on any atom is 0.331 e. The summed E-state index contributed by atoms with van der Waals surface area (Å²) >= 11 is 0. The monoisotopic (exact) mass is 266 g/mol. The minimum absolute atomic E-state index is 0.0850. The van der Waals surface area contributed by atoms with Crippen LogP contribution in [0.15, 0.2) is 23.8 Å². The molecule has 104 valence electrons. The molecule has 0 amide bonds. The second-order valence-electron chi connectivity index (χ2n) is 5.17. The molecule has 5 nitrogen and oxygen atoms in total. The van der Waals surface area contributed by atoms with Crippen molar-refractivity contribution in [2.24, 2.45) is 11.3 Å². The van der Waals surface area contributed by atoms with E-state index >= 15 is 0 Å². The number of hydrogen-bond acceptors (Lipinski definition) is 3. The zero-order valence-electron chi connectivity index (χ0n) is 11.1. The summed E-state index contributed by atoms with van der Waals surface area (Å²) in [4.78, 5) is 33.6. The Morgan fingerprint density at radius 3 is 2.37 bits per heavy atom. The molecular weight excluding hydrogens is 248 g/mol. The van der Waals surface area contributed by atoms with Crippen molar-refractivity contribution in [1.29, 1.82) is 0 Å². The van der Waals surface area contributed by atoms with Crippen LogP contribution in [0, 0.1) is 11.3 Å². The third-order valence-electron chi connectivity index (χ3n) is 3.97. The van der Waals surface area contributed by atoms with E-state index in [0.717, 1.165) is 6.08 Å². The van der Waals surface area contributed by atoms with Gasteiger partial charge in [0.15, 0.2) is 0 Å². The molecular formula is C14H18O5. The van der Waals surface area contributed by atoms with Crippen LogP contribution in [0.2, 0.25) is 0 Å². The molecule has 0 aliphatic heterocycles. The summed E-state index contributed by atoms with van der Waals surface area (Å²) in [5.41, 5.74) is -0.275. The number of Topliss-reactive ketones (excluding diaryl/α,β-unsaturated/α-hetero) is 1. The van der Waals surface area contributed by atoms with E-state index in [0.29, 0.717) is 24.8 Å².